The number of hydrazone groups is 1. The maximum atomic E-state index is 12.1. The lowest BCUT2D eigenvalue weighted by molar-refractivity contribution is -0.143. The second-order valence-electron chi connectivity index (χ2n) is 6.94. The Morgan fingerprint density at radius 1 is 1.06 bits per heavy atom. The quantitative estimate of drug-likeness (QED) is 0.215. The summed E-state index contributed by atoms with van der Waals surface area (Å²) in [4.78, 5) is 35.5. The standard InChI is InChI=1S/C23H26BrN3O6/c1-5-32-19-10-16(9-18(24)23(19)33-13-22(30)31-4)12-25-27-21(29)11-20(28)26-17-7-6-14(2)15(3)8-17/h6-10,12H,5,11,13H2,1-4H3,(H,26,28)(H,27,29). The lowest BCUT2D eigenvalue weighted by atomic mass is 10.1. The molecular formula is C23H26BrN3O6. The molecule has 0 atom stereocenters. The average molecular weight is 520 g/mol. The molecule has 2 aromatic carbocycles. The number of carbonyl (C=O) groups is 3. The number of aryl methyl sites for hydroxylation is 2. The molecule has 2 N–H and O–H groups in total. The van der Waals surface area contributed by atoms with Gasteiger partial charge in [0.1, 0.15) is 6.42 Å². The Labute approximate surface area is 200 Å². The van der Waals surface area contributed by atoms with E-state index in [0.29, 0.717) is 33.8 Å². The first-order valence-corrected chi connectivity index (χ1v) is 10.9. The number of methoxy groups -OCH3 is 1. The molecule has 0 aromatic heterocycles. The summed E-state index contributed by atoms with van der Waals surface area (Å²) < 4.78 is 16.1. The minimum Gasteiger partial charge on any atom is -0.490 e. The van der Waals surface area contributed by atoms with Crippen molar-refractivity contribution in [1.82, 2.24) is 5.43 Å². The summed E-state index contributed by atoms with van der Waals surface area (Å²) in [6, 6.07) is 8.84. The lowest BCUT2D eigenvalue weighted by Crippen LogP contribution is -2.24. The maximum Gasteiger partial charge on any atom is 0.343 e. The van der Waals surface area contributed by atoms with Crippen LogP contribution in [-0.2, 0) is 19.1 Å². The topological polar surface area (TPSA) is 115 Å². The summed E-state index contributed by atoms with van der Waals surface area (Å²) in [5, 5.41) is 6.58. The van der Waals surface area contributed by atoms with Gasteiger partial charge in [0.25, 0.3) is 0 Å². The van der Waals surface area contributed by atoms with Crippen molar-refractivity contribution in [2.45, 2.75) is 27.2 Å². The highest BCUT2D eigenvalue weighted by atomic mass is 79.9. The van der Waals surface area contributed by atoms with Gasteiger partial charge in [-0.25, -0.2) is 10.2 Å². The SMILES string of the molecule is CCOc1cc(C=NNC(=O)CC(=O)Nc2ccc(C)c(C)c2)cc(Br)c1OCC(=O)OC. The van der Waals surface area contributed by atoms with E-state index in [1.54, 1.807) is 18.2 Å². The summed E-state index contributed by atoms with van der Waals surface area (Å²) in [5.41, 5.74) is 5.70. The third kappa shape index (κ3) is 8.23. The van der Waals surface area contributed by atoms with E-state index in [0.717, 1.165) is 11.1 Å². The molecular weight excluding hydrogens is 494 g/mol. The van der Waals surface area contributed by atoms with Gasteiger partial charge in [-0.15, -0.1) is 0 Å². The molecule has 0 aliphatic heterocycles. The van der Waals surface area contributed by atoms with Crippen LogP contribution in [0.4, 0.5) is 5.69 Å². The first-order valence-electron chi connectivity index (χ1n) is 10.1. The van der Waals surface area contributed by atoms with Gasteiger partial charge in [0.15, 0.2) is 18.1 Å². The molecule has 0 bridgehead atoms. The molecule has 10 heteroatoms. The van der Waals surface area contributed by atoms with Crippen molar-refractivity contribution in [1.29, 1.82) is 0 Å². The number of amides is 2. The summed E-state index contributed by atoms with van der Waals surface area (Å²) >= 11 is 3.38. The van der Waals surface area contributed by atoms with Crippen LogP contribution >= 0.6 is 15.9 Å². The van der Waals surface area contributed by atoms with Gasteiger partial charge in [-0.3, -0.25) is 9.59 Å². The summed E-state index contributed by atoms with van der Waals surface area (Å²) in [5.74, 6) is -0.809. The number of carbonyl (C=O) groups excluding carboxylic acids is 3. The number of rotatable bonds is 10. The number of esters is 1. The van der Waals surface area contributed by atoms with E-state index >= 15 is 0 Å². The number of benzene rings is 2. The van der Waals surface area contributed by atoms with Crippen LogP contribution in [0, 0.1) is 13.8 Å². The van der Waals surface area contributed by atoms with Crippen LogP contribution in [0.3, 0.4) is 0 Å². The number of ether oxygens (including phenoxy) is 3. The predicted octanol–water partition coefficient (Wildman–Crippen LogP) is 3.50. The maximum absolute atomic E-state index is 12.1. The normalized spacial score (nSPS) is 10.6. The molecule has 0 saturated heterocycles. The van der Waals surface area contributed by atoms with Crippen molar-refractivity contribution in [3.63, 3.8) is 0 Å². The third-order valence-corrected chi connectivity index (χ3v) is 5.00. The van der Waals surface area contributed by atoms with Crippen molar-refractivity contribution >= 4 is 45.6 Å². The van der Waals surface area contributed by atoms with Gasteiger partial charge in [-0.2, -0.15) is 5.10 Å². The number of nitrogens with one attached hydrogen (secondary N) is 2. The lowest BCUT2D eigenvalue weighted by Gasteiger charge is -2.13. The number of halogens is 1. The fourth-order valence-electron chi connectivity index (χ4n) is 2.64. The van der Waals surface area contributed by atoms with Gasteiger partial charge in [0, 0.05) is 5.69 Å². The zero-order valence-corrected chi connectivity index (χ0v) is 20.4. The van der Waals surface area contributed by atoms with Gasteiger partial charge in [0.2, 0.25) is 11.8 Å². The van der Waals surface area contributed by atoms with Crippen LogP contribution in [0.5, 0.6) is 11.5 Å². The molecule has 2 amide bonds. The first-order chi connectivity index (χ1) is 15.7. The molecule has 0 radical (unpaired) electrons. The van der Waals surface area contributed by atoms with Crippen LogP contribution in [-0.4, -0.2) is 44.3 Å². The van der Waals surface area contributed by atoms with Crippen LogP contribution < -0.4 is 20.2 Å². The van der Waals surface area contributed by atoms with Gasteiger partial charge >= 0.3 is 5.97 Å². The average Bonchev–Trinajstić information content (AvgIpc) is 2.75. The Kier molecular flexibility index (Phi) is 9.86. The number of hydrogen-bond acceptors (Lipinski definition) is 7. The molecule has 2 aromatic rings. The summed E-state index contributed by atoms with van der Waals surface area (Å²) in [6.07, 6.45) is 1.02. The van der Waals surface area contributed by atoms with E-state index < -0.39 is 17.8 Å². The third-order valence-electron chi connectivity index (χ3n) is 4.41. The predicted molar refractivity (Wildman–Crippen MR) is 128 cm³/mol. The smallest absolute Gasteiger partial charge is 0.343 e. The molecule has 0 unspecified atom stereocenters. The van der Waals surface area contributed by atoms with Crippen LogP contribution in [0.2, 0.25) is 0 Å². The van der Waals surface area contributed by atoms with Gasteiger partial charge in [-0.1, -0.05) is 6.07 Å². The molecule has 0 heterocycles. The Balaban J connectivity index is 1.97. The molecule has 176 valence electrons. The Morgan fingerprint density at radius 3 is 2.48 bits per heavy atom. The largest absolute Gasteiger partial charge is 0.490 e. The van der Waals surface area contributed by atoms with Crippen molar-refractivity contribution in [2.24, 2.45) is 5.10 Å². The second-order valence-corrected chi connectivity index (χ2v) is 7.80. The monoisotopic (exact) mass is 519 g/mol. The van der Waals surface area contributed by atoms with Crippen molar-refractivity contribution in [3.05, 3.63) is 51.5 Å². The number of hydrogen-bond donors (Lipinski definition) is 2. The van der Waals surface area contributed by atoms with Gasteiger partial charge in [0.05, 0.1) is 24.4 Å². The van der Waals surface area contributed by atoms with Crippen LogP contribution in [0.15, 0.2) is 39.9 Å². The van der Waals surface area contributed by atoms with E-state index in [9.17, 15) is 14.4 Å². The van der Waals surface area contributed by atoms with Crippen molar-refractivity contribution in [3.8, 4) is 11.5 Å². The summed E-state index contributed by atoms with van der Waals surface area (Å²) in [7, 11) is 1.27. The zero-order chi connectivity index (χ0) is 24.4. The van der Waals surface area contributed by atoms with Gasteiger partial charge in [-0.05, 0) is 77.7 Å². The molecule has 2 rings (SSSR count). The Morgan fingerprint density at radius 2 is 1.82 bits per heavy atom. The van der Waals surface area contributed by atoms with Crippen molar-refractivity contribution < 1.29 is 28.6 Å². The Bertz CT molecular complexity index is 1050. The summed E-state index contributed by atoms with van der Waals surface area (Å²) in [6.45, 7) is 5.82. The van der Waals surface area contributed by atoms with Crippen LogP contribution in [0.25, 0.3) is 0 Å². The molecule has 33 heavy (non-hydrogen) atoms. The minimum atomic E-state index is -0.560. The first kappa shape index (κ1) is 25.9. The van der Waals surface area contributed by atoms with E-state index in [1.165, 1.54) is 13.3 Å². The molecule has 0 saturated carbocycles. The molecule has 9 nitrogen and oxygen atoms in total. The minimum absolute atomic E-state index is 0.275. The highest BCUT2D eigenvalue weighted by Gasteiger charge is 2.14. The number of nitrogens with zero attached hydrogens (tertiary/aromatic N) is 1. The fourth-order valence-corrected chi connectivity index (χ4v) is 3.22. The van der Waals surface area contributed by atoms with Gasteiger partial charge < -0.3 is 19.5 Å². The van der Waals surface area contributed by atoms with Crippen LogP contribution in [0.1, 0.15) is 30.0 Å². The fraction of sp³-hybridized carbons (Fsp3) is 0.304. The van der Waals surface area contributed by atoms with E-state index in [-0.39, 0.29) is 13.0 Å². The molecule has 0 fully saturated rings. The highest BCUT2D eigenvalue weighted by molar-refractivity contribution is 9.10. The molecule has 0 aliphatic rings. The van der Waals surface area contributed by atoms with E-state index in [2.05, 4.69) is 36.5 Å². The molecule has 0 spiro atoms. The molecule has 0 aliphatic carbocycles. The highest BCUT2D eigenvalue weighted by Crippen LogP contribution is 2.36. The zero-order valence-electron chi connectivity index (χ0n) is 18.9. The second kappa shape index (κ2) is 12.6. The van der Waals surface area contributed by atoms with Crippen molar-refractivity contribution in [2.75, 3.05) is 25.6 Å². The number of anilines is 1. The van der Waals surface area contributed by atoms with E-state index in [4.69, 9.17) is 9.47 Å². The Hall–Kier alpha value is -3.40. The van der Waals surface area contributed by atoms with E-state index in [1.807, 2.05) is 32.9 Å².